The molecule has 0 aromatic rings. The quantitative estimate of drug-likeness (QED) is 0.531. The van der Waals surface area contributed by atoms with Gasteiger partial charge in [0.15, 0.2) is 0 Å². The Balaban J connectivity index is 1.28. The summed E-state index contributed by atoms with van der Waals surface area (Å²) in [7, 11) is 1.89. The second-order valence-electron chi connectivity index (χ2n) is 9.32. The fourth-order valence-corrected chi connectivity index (χ4v) is 5.85. The van der Waals surface area contributed by atoms with Gasteiger partial charge in [-0.05, 0) is 87.9 Å². The third kappa shape index (κ3) is 5.96. The van der Waals surface area contributed by atoms with Crippen LogP contribution in [-0.2, 0) is 9.47 Å². The maximum Gasteiger partial charge on any atom is 0.0575 e. The fourth-order valence-electron chi connectivity index (χ4n) is 5.85. The van der Waals surface area contributed by atoms with Crippen LogP contribution in [0.25, 0.3) is 0 Å². The molecule has 0 aromatic carbocycles. The normalized spacial score (nSPS) is 40.1. The lowest BCUT2D eigenvalue weighted by molar-refractivity contribution is -0.0239. The highest BCUT2D eigenvalue weighted by molar-refractivity contribution is 4.82. The van der Waals surface area contributed by atoms with Crippen molar-refractivity contribution in [1.82, 2.24) is 0 Å². The van der Waals surface area contributed by atoms with Crippen LogP contribution in [0.15, 0.2) is 0 Å². The Bertz CT molecular complexity index is 345. The van der Waals surface area contributed by atoms with E-state index in [9.17, 15) is 0 Å². The van der Waals surface area contributed by atoms with E-state index < -0.39 is 0 Å². The Kier molecular flexibility index (Phi) is 8.11. The third-order valence-corrected chi connectivity index (χ3v) is 7.67. The molecule has 2 aliphatic carbocycles. The van der Waals surface area contributed by atoms with Crippen LogP contribution in [-0.4, -0.2) is 25.9 Å². The number of hydrogen-bond donors (Lipinski definition) is 0. The van der Waals surface area contributed by atoms with E-state index in [-0.39, 0.29) is 0 Å². The summed E-state index contributed by atoms with van der Waals surface area (Å²) in [6.07, 6.45) is 20.8. The zero-order valence-electron chi connectivity index (χ0n) is 16.9. The molecule has 0 radical (unpaired) electrons. The average molecular weight is 351 g/mol. The van der Waals surface area contributed by atoms with Crippen molar-refractivity contribution in [1.29, 1.82) is 0 Å². The summed E-state index contributed by atoms with van der Waals surface area (Å²) in [5, 5.41) is 0. The predicted molar refractivity (Wildman–Crippen MR) is 105 cm³/mol. The lowest BCUT2D eigenvalue weighted by atomic mass is 9.69. The molecule has 0 spiro atoms. The molecule has 1 heterocycles. The van der Waals surface area contributed by atoms with E-state index in [2.05, 4.69) is 6.92 Å². The first-order valence-electron chi connectivity index (χ1n) is 11.4. The summed E-state index contributed by atoms with van der Waals surface area (Å²) in [6.45, 7) is 3.32. The van der Waals surface area contributed by atoms with Crippen LogP contribution in [0.3, 0.4) is 0 Å². The number of ether oxygens (including phenoxy) is 2. The lowest BCUT2D eigenvalue weighted by Crippen LogP contribution is -2.29. The molecule has 1 saturated heterocycles. The monoisotopic (exact) mass is 350 g/mol. The van der Waals surface area contributed by atoms with Crippen molar-refractivity contribution in [2.24, 2.45) is 23.7 Å². The average Bonchev–Trinajstić information content (AvgIpc) is 2.68. The molecule has 0 amide bonds. The second-order valence-corrected chi connectivity index (χ2v) is 9.32. The van der Waals surface area contributed by atoms with Crippen LogP contribution < -0.4 is 0 Å². The van der Waals surface area contributed by atoms with Gasteiger partial charge in [0.2, 0.25) is 0 Å². The van der Waals surface area contributed by atoms with Crippen molar-refractivity contribution < 1.29 is 9.47 Å². The number of rotatable bonds is 7. The van der Waals surface area contributed by atoms with E-state index in [4.69, 9.17) is 9.47 Å². The summed E-state index contributed by atoms with van der Waals surface area (Å²) in [4.78, 5) is 0. The molecule has 3 rings (SSSR count). The summed E-state index contributed by atoms with van der Waals surface area (Å²) >= 11 is 0. The van der Waals surface area contributed by atoms with E-state index in [0.29, 0.717) is 12.2 Å². The molecule has 2 nitrogen and oxygen atoms in total. The Hall–Kier alpha value is -0.0800. The molecular formula is C23H42O2. The molecule has 2 heteroatoms. The van der Waals surface area contributed by atoms with Crippen molar-refractivity contribution in [2.75, 3.05) is 13.7 Å². The minimum absolute atomic E-state index is 0.558. The van der Waals surface area contributed by atoms with Crippen molar-refractivity contribution in [3.63, 3.8) is 0 Å². The maximum atomic E-state index is 6.07. The molecule has 0 N–H and O–H groups in total. The standard InChI is InChI=1S/C23H42O2/c1-3-4-23-14-9-19(17-25-23)6-5-18-7-10-20(11-8-18)21-12-15-22(24-2)16-13-21/h18-23H,3-17H2,1-2H3. The second kappa shape index (κ2) is 10.3. The van der Waals surface area contributed by atoms with Gasteiger partial charge in [0.05, 0.1) is 12.2 Å². The summed E-state index contributed by atoms with van der Waals surface area (Å²) in [5.74, 6) is 3.91. The van der Waals surface area contributed by atoms with E-state index >= 15 is 0 Å². The Morgan fingerprint density at radius 1 is 0.720 bits per heavy atom. The van der Waals surface area contributed by atoms with Gasteiger partial charge in [-0.25, -0.2) is 0 Å². The Labute approximate surface area is 156 Å². The zero-order valence-corrected chi connectivity index (χ0v) is 16.9. The molecule has 2 saturated carbocycles. The van der Waals surface area contributed by atoms with Gasteiger partial charge in [0, 0.05) is 13.7 Å². The highest BCUT2D eigenvalue weighted by Crippen LogP contribution is 2.42. The van der Waals surface area contributed by atoms with E-state index in [1.54, 1.807) is 0 Å². The first-order chi connectivity index (χ1) is 12.3. The topological polar surface area (TPSA) is 18.5 Å². The first kappa shape index (κ1) is 19.7. The lowest BCUT2D eigenvalue weighted by Gasteiger charge is -2.38. The van der Waals surface area contributed by atoms with Gasteiger partial charge in [-0.2, -0.15) is 0 Å². The molecule has 2 unspecified atom stereocenters. The van der Waals surface area contributed by atoms with Gasteiger partial charge in [0.1, 0.15) is 0 Å². The van der Waals surface area contributed by atoms with E-state index in [1.807, 2.05) is 7.11 Å². The number of methoxy groups -OCH3 is 1. The SMILES string of the molecule is CCCC1CCC(CCC2CCC(C3CCC(OC)CC3)CC2)CO1. The third-order valence-electron chi connectivity index (χ3n) is 7.67. The van der Waals surface area contributed by atoms with Gasteiger partial charge >= 0.3 is 0 Å². The number of hydrogen-bond acceptors (Lipinski definition) is 2. The van der Waals surface area contributed by atoms with Crippen LogP contribution in [0.5, 0.6) is 0 Å². The molecule has 3 aliphatic rings. The Morgan fingerprint density at radius 2 is 1.32 bits per heavy atom. The largest absolute Gasteiger partial charge is 0.381 e. The van der Waals surface area contributed by atoms with Crippen molar-refractivity contribution in [2.45, 2.75) is 109 Å². The molecule has 0 aromatic heterocycles. The van der Waals surface area contributed by atoms with Crippen molar-refractivity contribution in [3.05, 3.63) is 0 Å². The van der Waals surface area contributed by atoms with Crippen LogP contribution in [0.4, 0.5) is 0 Å². The highest BCUT2D eigenvalue weighted by Gasteiger charge is 2.31. The van der Waals surface area contributed by atoms with Crippen LogP contribution in [0, 0.1) is 23.7 Å². The van der Waals surface area contributed by atoms with E-state index in [1.165, 1.54) is 89.9 Å². The van der Waals surface area contributed by atoms with Crippen LogP contribution >= 0.6 is 0 Å². The van der Waals surface area contributed by atoms with Crippen LogP contribution in [0.1, 0.15) is 96.8 Å². The maximum absolute atomic E-state index is 6.07. The highest BCUT2D eigenvalue weighted by atomic mass is 16.5. The van der Waals surface area contributed by atoms with Gasteiger partial charge < -0.3 is 9.47 Å². The molecule has 0 bridgehead atoms. The first-order valence-corrected chi connectivity index (χ1v) is 11.4. The van der Waals surface area contributed by atoms with Gasteiger partial charge in [-0.3, -0.25) is 0 Å². The molecule has 1 aliphatic heterocycles. The minimum Gasteiger partial charge on any atom is -0.381 e. The molecular weight excluding hydrogens is 308 g/mol. The predicted octanol–water partition coefficient (Wildman–Crippen LogP) is 6.37. The molecule has 3 fully saturated rings. The summed E-state index contributed by atoms with van der Waals surface area (Å²) in [6, 6.07) is 0. The van der Waals surface area contributed by atoms with Crippen LogP contribution in [0.2, 0.25) is 0 Å². The van der Waals surface area contributed by atoms with Crippen molar-refractivity contribution in [3.8, 4) is 0 Å². The van der Waals surface area contributed by atoms with E-state index in [0.717, 1.165) is 30.3 Å². The van der Waals surface area contributed by atoms with Crippen molar-refractivity contribution >= 4 is 0 Å². The minimum atomic E-state index is 0.558. The van der Waals surface area contributed by atoms with Gasteiger partial charge in [0.25, 0.3) is 0 Å². The molecule has 146 valence electrons. The van der Waals surface area contributed by atoms with Gasteiger partial charge in [-0.15, -0.1) is 0 Å². The van der Waals surface area contributed by atoms with Gasteiger partial charge in [-0.1, -0.05) is 32.6 Å². The summed E-state index contributed by atoms with van der Waals surface area (Å²) < 4.78 is 11.6. The molecule has 25 heavy (non-hydrogen) atoms. The summed E-state index contributed by atoms with van der Waals surface area (Å²) in [5.41, 5.74) is 0. The zero-order chi connectivity index (χ0) is 17.5. The smallest absolute Gasteiger partial charge is 0.0575 e. The fraction of sp³-hybridized carbons (Fsp3) is 1.00. The Morgan fingerprint density at radius 3 is 1.88 bits per heavy atom. The molecule has 2 atom stereocenters.